The van der Waals surface area contributed by atoms with Gasteiger partial charge in [-0.05, 0) is 31.9 Å². The van der Waals surface area contributed by atoms with Gasteiger partial charge in [-0.15, -0.1) is 0 Å². The number of rotatable bonds is 4. The van der Waals surface area contributed by atoms with E-state index in [-0.39, 0.29) is 6.04 Å². The molecule has 8 nitrogen and oxygen atoms in total. The second-order valence-electron chi connectivity index (χ2n) is 5.82. The van der Waals surface area contributed by atoms with Crippen molar-refractivity contribution >= 4 is 17.7 Å². The van der Waals surface area contributed by atoms with Crippen LogP contribution in [0, 0.1) is 6.92 Å². The van der Waals surface area contributed by atoms with Crippen molar-refractivity contribution in [2.75, 3.05) is 16.8 Å². The van der Waals surface area contributed by atoms with E-state index in [9.17, 15) is 0 Å². The van der Waals surface area contributed by atoms with E-state index in [0.29, 0.717) is 17.6 Å². The molecule has 0 radical (unpaired) electrons. The molecule has 1 fully saturated rings. The van der Waals surface area contributed by atoms with Crippen LogP contribution in [0.25, 0.3) is 0 Å². The molecule has 0 aliphatic carbocycles. The Balaban J connectivity index is 1.63. The number of nitrogens with one attached hydrogen (secondary N) is 1. The Morgan fingerprint density at radius 1 is 1.00 bits per heavy atom. The fourth-order valence-corrected chi connectivity index (χ4v) is 3.06. The number of hydrogen-bond acceptors (Lipinski definition) is 8. The van der Waals surface area contributed by atoms with Gasteiger partial charge >= 0.3 is 0 Å². The fourth-order valence-electron chi connectivity index (χ4n) is 3.06. The summed E-state index contributed by atoms with van der Waals surface area (Å²) in [5.41, 5.74) is 0.955. The maximum Gasteiger partial charge on any atom is 0.228 e. The SMILES string of the molecule is Cc1nc(Nc2ncccn2)cc(C2CCCN2c2ncccn2)n1. The molecule has 0 saturated carbocycles. The smallest absolute Gasteiger partial charge is 0.228 e. The molecule has 0 amide bonds. The Morgan fingerprint density at radius 2 is 1.72 bits per heavy atom. The van der Waals surface area contributed by atoms with Crippen LogP contribution in [0.1, 0.15) is 30.4 Å². The van der Waals surface area contributed by atoms with Crippen LogP contribution in [-0.4, -0.2) is 36.4 Å². The van der Waals surface area contributed by atoms with Crippen LogP contribution in [0.5, 0.6) is 0 Å². The number of aryl methyl sites for hydroxylation is 1. The molecule has 25 heavy (non-hydrogen) atoms. The highest BCUT2D eigenvalue weighted by Gasteiger charge is 2.29. The second kappa shape index (κ2) is 6.76. The third-order valence-corrected chi connectivity index (χ3v) is 4.07. The van der Waals surface area contributed by atoms with Gasteiger partial charge in [-0.2, -0.15) is 0 Å². The zero-order chi connectivity index (χ0) is 17.1. The van der Waals surface area contributed by atoms with Crippen molar-refractivity contribution in [3.8, 4) is 0 Å². The van der Waals surface area contributed by atoms with E-state index in [4.69, 9.17) is 0 Å². The molecule has 0 bridgehead atoms. The van der Waals surface area contributed by atoms with E-state index in [2.05, 4.69) is 40.1 Å². The minimum atomic E-state index is 0.140. The lowest BCUT2D eigenvalue weighted by Gasteiger charge is -2.24. The van der Waals surface area contributed by atoms with Crippen molar-refractivity contribution < 1.29 is 0 Å². The largest absolute Gasteiger partial charge is 0.332 e. The van der Waals surface area contributed by atoms with Gasteiger partial charge < -0.3 is 10.2 Å². The fraction of sp³-hybridized carbons (Fsp3) is 0.294. The number of nitrogens with zero attached hydrogens (tertiary/aromatic N) is 7. The zero-order valence-corrected chi connectivity index (χ0v) is 13.9. The molecule has 0 spiro atoms. The summed E-state index contributed by atoms with van der Waals surface area (Å²) in [5, 5.41) is 3.14. The van der Waals surface area contributed by atoms with Crippen LogP contribution in [-0.2, 0) is 0 Å². The van der Waals surface area contributed by atoms with Gasteiger partial charge in [0.15, 0.2) is 0 Å². The average molecular weight is 334 g/mol. The molecule has 1 unspecified atom stereocenters. The summed E-state index contributed by atoms with van der Waals surface area (Å²) in [6.45, 7) is 2.81. The highest BCUT2D eigenvalue weighted by molar-refractivity contribution is 5.49. The lowest BCUT2D eigenvalue weighted by atomic mass is 10.1. The normalized spacial score (nSPS) is 16.8. The summed E-state index contributed by atoms with van der Waals surface area (Å²) >= 11 is 0. The Labute approximate surface area is 145 Å². The lowest BCUT2D eigenvalue weighted by molar-refractivity contribution is 0.673. The van der Waals surface area contributed by atoms with Crippen LogP contribution in [0.2, 0.25) is 0 Å². The van der Waals surface area contributed by atoms with Gasteiger partial charge in [0.1, 0.15) is 11.6 Å². The molecule has 126 valence electrons. The highest BCUT2D eigenvalue weighted by atomic mass is 15.3. The molecular formula is C17H18N8. The Hall–Kier alpha value is -3.16. The topological polar surface area (TPSA) is 92.6 Å². The third kappa shape index (κ3) is 3.37. The first-order valence-electron chi connectivity index (χ1n) is 8.23. The number of anilines is 3. The van der Waals surface area contributed by atoms with Crippen molar-refractivity contribution in [3.05, 3.63) is 54.5 Å². The maximum absolute atomic E-state index is 4.64. The lowest BCUT2D eigenvalue weighted by Crippen LogP contribution is -2.25. The molecule has 1 aliphatic heterocycles. The molecule has 1 aliphatic rings. The van der Waals surface area contributed by atoms with Crippen LogP contribution >= 0.6 is 0 Å². The third-order valence-electron chi connectivity index (χ3n) is 4.07. The van der Waals surface area contributed by atoms with Gasteiger partial charge in [0.05, 0.1) is 11.7 Å². The van der Waals surface area contributed by atoms with Crippen LogP contribution < -0.4 is 10.2 Å². The standard InChI is InChI=1S/C17H18N8/c1-12-22-13(11-15(23-12)24-16-18-6-3-7-19-16)14-5-2-10-25(14)17-20-8-4-9-21-17/h3-4,6-9,11,14H,2,5,10H2,1H3,(H,18,19,22,23,24). The van der Waals surface area contributed by atoms with Crippen molar-refractivity contribution in [1.82, 2.24) is 29.9 Å². The monoisotopic (exact) mass is 334 g/mol. The van der Waals surface area contributed by atoms with Gasteiger partial charge in [0, 0.05) is 37.4 Å². The number of hydrogen-bond donors (Lipinski definition) is 1. The Bertz CT molecular complexity index is 840. The molecular weight excluding hydrogens is 316 g/mol. The molecule has 4 heterocycles. The highest BCUT2D eigenvalue weighted by Crippen LogP contribution is 2.34. The predicted octanol–water partition coefficient (Wildman–Crippen LogP) is 2.45. The first kappa shape index (κ1) is 15.4. The van der Waals surface area contributed by atoms with E-state index >= 15 is 0 Å². The zero-order valence-electron chi connectivity index (χ0n) is 13.9. The average Bonchev–Trinajstić information content (AvgIpc) is 3.13. The Morgan fingerprint density at radius 3 is 2.48 bits per heavy atom. The van der Waals surface area contributed by atoms with Gasteiger partial charge in [0.25, 0.3) is 0 Å². The van der Waals surface area contributed by atoms with Crippen molar-refractivity contribution in [2.24, 2.45) is 0 Å². The molecule has 1 N–H and O–H groups in total. The van der Waals surface area contributed by atoms with Gasteiger partial charge in [-0.25, -0.2) is 29.9 Å². The molecule has 0 aromatic carbocycles. The van der Waals surface area contributed by atoms with Crippen molar-refractivity contribution in [1.29, 1.82) is 0 Å². The maximum atomic E-state index is 4.64. The van der Waals surface area contributed by atoms with Gasteiger partial charge in [0.2, 0.25) is 11.9 Å². The van der Waals surface area contributed by atoms with Gasteiger partial charge in [-0.1, -0.05) is 0 Å². The molecule has 4 rings (SSSR count). The summed E-state index contributed by atoms with van der Waals surface area (Å²) < 4.78 is 0. The van der Waals surface area contributed by atoms with E-state index in [1.165, 1.54) is 0 Å². The van der Waals surface area contributed by atoms with Crippen LogP contribution in [0.4, 0.5) is 17.7 Å². The summed E-state index contributed by atoms with van der Waals surface area (Å²) in [4.78, 5) is 28.4. The number of aromatic nitrogens is 6. The second-order valence-corrected chi connectivity index (χ2v) is 5.82. The molecule has 1 atom stereocenters. The van der Waals surface area contributed by atoms with Crippen LogP contribution in [0.15, 0.2) is 43.0 Å². The van der Waals surface area contributed by atoms with E-state index in [1.54, 1.807) is 30.9 Å². The first-order chi connectivity index (χ1) is 12.3. The minimum Gasteiger partial charge on any atom is -0.332 e. The molecule has 8 heteroatoms. The molecule has 3 aromatic rings. The minimum absolute atomic E-state index is 0.140. The van der Waals surface area contributed by atoms with Gasteiger partial charge in [-0.3, -0.25) is 0 Å². The Kier molecular flexibility index (Phi) is 4.16. The summed E-state index contributed by atoms with van der Waals surface area (Å²) in [5.74, 6) is 2.65. The van der Waals surface area contributed by atoms with Crippen molar-refractivity contribution in [3.63, 3.8) is 0 Å². The summed E-state index contributed by atoms with van der Waals surface area (Å²) in [6.07, 6.45) is 9.00. The van der Waals surface area contributed by atoms with E-state index in [1.807, 2.05) is 19.1 Å². The quantitative estimate of drug-likeness (QED) is 0.778. The molecule has 1 saturated heterocycles. The molecule has 3 aromatic heterocycles. The van der Waals surface area contributed by atoms with E-state index in [0.717, 1.165) is 31.0 Å². The summed E-state index contributed by atoms with van der Waals surface area (Å²) in [7, 11) is 0. The van der Waals surface area contributed by atoms with Crippen molar-refractivity contribution in [2.45, 2.75) is 25.8 Å². The first-order valence-corrected chi connectivity index (χ1v) is 8.23. The summed E-state index contributed by atoms with van der Waals surface area (Å²) in [6, 6.07) is 5.69. The van der Waals surface area contributed by atoms with Crippen LogP contribution in [0.3, 0.4) is 0 Å². The predicted molar refractivity (Wildman–Crippen MR) is 93.4 cm³/mol. The van der Waals surface area contributed by atoms with E-state index < -0.39 is 0 Å².